The van der Waals surface area contributed by atoms with E-state index in [4.69, 9.17) is 12.2 Å². The molecule has 0 spiro atoms. The lowest BCUT2D eigenvalue weighted by Gasteiger charge is -2.35. The highest BCUT2D eigenvalue weighted by atomic mass is 32.2. The van der Waals surface area contributed by atoms with Crippen LogP contribution < -0.4 is 5.32 Å². The molecule has 1 aromatic carbocycles. The summed E-state index contributed by atoms with van der Waals surface area (Å²) in [5.41, 5.74) is 0. The zero-order valence-electron chi connectivity index (χ0n) is 13.8. The van der Waals surface area contributed by atoms with Crippen LogP contribution in [0.15, 0.2) is 17.0 Å². The summed E-state index contributed by atoms with van der Waals surface area (Å²) in [5, 5.41) is 3.65. The fourth-order valence-corrected chi connectivity index (χ4v) is 4.22. The summed E-state index contributed by atoms with van der Waals surface area (Å²) in [4.78, 5) is 0.974. The minimum Gasteiger partial charge on any atom is -0.363 e. The lowest BCUT2D eigenvalue weighted by atomic mass is 10.3. The van der Waals surface area contributed by atoms with Crippen LogP contribution in [0.5, 0.6) is 0 Å². The van der Waals surface area contributed by atoms with E-state index in [1.807, 2.05) is 4.90 Å². The Morgan fingerprint density at radius 2 is 1.80 bits per heavy atom. The average Bonchev–Trinajstić information content (AvgIpc) is 2.59. The lowest BCUT2D eigenvalue weighted by molar-refractivity contribution is 0.263. The van der Waals surface area contributed by atoms with Crippen molar-refractivity contribution in [2.24, 2.45) is 0 Å². The van der Waals surface area contributed by atoms with Crippen molar-refractivity contribution < 1.29 is 21.6 Å². The van der Waals surface area contributed by atoms with Gasteiger partial charge in [0.25, 0.3) is 0 Å². The second-order valence-corrected chi connectivity index (χ2v) is 7.94. The molecule has 5 nitrogen and oxygen atoms in total. The summed E-state index contributed by atoms with van der Waals surface area (Å²) in [7, 11) is -4.24. The SMILES string of the molecule is CCCCNC(=S)N1CCN(S(=O)(=O)c2ccc(F)c(F)c2F)CC1. The zero-order valence-corrected chi connectivity index (χ0v) is 15.4. The zero-order chi connectivity index (χ0) is 18.6. The second kappa shape index (κ2) is 8.33. The molecule has 0 saturated carbocycles. The number of nitrogens with zero attached hydrogens (tertiary/aromatic N) is 2. The van der Waals surface area contributed by atoms with Crippen LogP contribution in [-0.4, -0.2) is 55.5 Å². The van der Waals surface area contributed by atoms with E-state index in [1.165, 1.54) is 0 Å². The minimum absolute atomic E-state index is 0.0797. The van der Waals surface area contributed by atoms with Crippen molar-refractivity contribution in [2.75, 3.05) is 32.7 Å². The van der Waals surface area contributed by atoms with Gasteiger partial charge >= 0.3 is 0 Å². The van der Waals surface area contributed by atoms with Crippen LogP contribution in [0.4, 0.5) is 13.2 Å². The summed E-state index contributed by atoms with van der Waals surface area (Å²) in [6.45, 7) is 3.64. The number of rotatable bonds is 5. The summed E-state index contributed by atoms with van der Waals surface area (Å²) in [5.74, 6) is -4.91. The third-order valence-corrected chi connectivity index (χ3v) is 6.27. The molecule has 25 heavy (non-hydrogen) atoms. The van der Waals surface area contributed by atoms with Crippen LogP contribution in [0.25, 0.3) is 0 Å². The predicted octanol–water partition coefficient (Wildman–Crippen LogP) is 2.08. The normalized spacial score (nSPS) is 16.1. The molecule has 0 aliphatic carbocycles. The average molecular weight is 395 g/mol. The maximum atomic E-state index is 13.8. The van der Waals surface area contributed by atoms with Crippen molar-refractivity contribution in [1.82, 2.24) is 14.5 Å². The van der Waals surface area contributed by atoms with E-state index in [-0.39, 0.29) is 13.1 Å². The highest BCUT2D eigenvalue weighted by molar-refractivity contribution is 7.89. The van der Waals surface area contributed by atoms with Crippen LogP contribution in [0.1, 0.15) is 19.8 Å². The fraction of sp³-hybridized carbons (Fsp3) is 0.533. The van der Waals surface area contributed by atoms with Crippen molar-refractivity contribution in [1.29, 1.82) is 0 Å². The first-order valence-electron chi connectivity index (χ1n) is 7.95. The van der Waals surface area contributed by atoms with E-state index in [9.17, 15) is 21.6 Å². The molecule has 1 aromatic rings. The van der Waals surface area contributed by atoms with Crippen molar-refractivity contribution >= 4 is 27.4 Å². The molecular weight excluding hydrogens is 375 g/mol. The molecule has 0 aromatic heterocycles. The van der Waals surface area contributed by atoms with Crippen molar-refractivity contribution in [3.05, 3.63) is 29.6 Å². The number of hydrogen-bond donors (Lipinski definition) is 1. The highest BCUT2D eigenvalue weighted by Gasteiger charge is 2.32. The Morgan fingerprint density at radius 1 is 1.16 bits per heavy atom. The van der Waals surface area contributed by atoms with Gasteiger partial charge in [0.2, 0.25) is 10.0 Å². The Bertz CT molecular complexity index is 736. The fourth-order valence-electron chi connectivity index (χ4n) is 2.46. The quantitative estimate of drug-likeness (QED) is 0.470. The lowest BCUT2D eigenvalue weighted by Crippen LogP contribution is -2.53. The smallest absolute Gasteiger partial charge is 0.246 e. The number of nitrogens with one attached hydrogen (secondary N) is 1. The molecule has 1 aliphatic heterocycles. The van der Waals surface area contributed by atoms with E-state index in [1.54, 1.807) is 0 Å². The Hall–Kier alpha value is -1.39. The van der Waals surface area contributed by atoms with Crippen molar-refractivity contribution in [3.63, 3.8) is 0 Å². The Kier molecular flexibility index (Phi) is 6.64. The molecule has 0 atom stereocenters. The molecule has 10 heteroatoms. The van der Waals surface area contributed by atoms with E-state index in [2.05, 4.69) is 12.2 Å². The van der Waals surface area contributed by atoms with Crippen molar-refractivity contribution in [3.8, 4) is 0 Å². The van der Waals surface area contributed by atoms with Gasteiger partial charge in [0.1, 0.15) is 4.90 Å². The minimum atomic E-state index is -4.24. The molecule has 2 rings (SSSR count). The van der Waals surface area contributed by atoms with Crippen LogP contribution >= 0.6 is 12.2 Å². The van der Waals surface area contributed by atoms with Crippen LogP contribution in [0.3, 0.4) is 0 Å². The maximum Gasteiger partial charge on any atom is 0.246 e. The number of halogens is 3. The number of thiocarbonyl (C=S) groups is 1. The third kappa shape index (κ3) is 4.42. The maximum absolute atomic E-state index is 13.8. The first-order valence-corrected chi connectivity index (χ1v) is 9.80. The van der Waals surface area contributed by atoms with Gasteiger partial charge in [0.15, 0.2) is 22.6 Å². The first-order chi connectivity index (χ1) is 11.8. The summed E-state index contributed by atoms with van der Waals surface area (Å²) >= 11 is 5.26. The largest absolute Gasteiger partial charge is 0.363 e. The number of hydrogen-bond acceptors (Lipinski definition) is 3. The first kappa shape index (κ1) is 19.9. The number of piperazine rings is 1. The molecule has 0 amide bonds. The molecule has 1 aliphatic rings. The molecule has 140 valence electrons. The molecule has 1 fully saturated rings. The van der Waals surface area contributed by atoms with E-state index < -0.39 is 32.4 Å². The molecule has 1 saturated heterocycles. The monoisotopic (exact) mass is 395 g/mol. The molecular formula is C15H20F3N3O2S2. The standard InChI is InChI=1S/C15H20F3N3O2S2/c1-2-3-6-19-15(24)20-7-9-21(10-8-20)25(22,23)12-5-4-11(16)13(17)14(12)18/h4-5H,2-3,6-10H2,1H3,(H,19,24). The Labute approximate surface area is 150 Å². The van der Waals surface area contributed by atoms with Gasteiger partial charge in [0.05, 0.1) is 0 Å². The van der Waals surface area contributed by atoms with Gasteiger partial charge in [-0.3, -0.25) is 0 Å². The van der Waals surface area contributed by atoms with E-state index in [0.29, 0.717) is 24.3 Å². The number of unbranched alkanes of at least 4 members (excludes halogenated alkanes) is 1. The van der Waals surface area contributed by atoms with Crippen LogP contribution in [0, 0.1) is 17.5 Å². The van der Waals surface area contributed by atoms with Crippen LogP contribution in [-0.2, 0) is 10.0 Å². The van der Waals surface area contributed by atoms with Gasteiger partial charge in [-0.05, 0) is 30.8 Å². The molecule has 0 unspecified atom stereocenters. The summed E-state index contributed by atoms with van der Waals surface area (Å²) < 4.78 is 66.2. The number of sulfonamides is 1. The summed E-state index contributed by atoms with van der Waals surface area (Å²) in [6.07, 6.45) is 2.01. The second-order valence-electron chi connectivity index (χ2n) is 5.65. The third-order valence-electron chi connectivity index (χ3n) is 3.95. The van der Waals surface area contributed by atoms with Gasteiger partial charge in [-0.2, -0.15) is 4.31 Å². The van der Waals surface area contributed by atoms with Crippen molar-refractivity contribution in [2.45, 2.75) is 24.7 Å². The Morgan fingerprint density at radius 3 is 2.40 bits per heavy atom. The topological polar surface area (TPSA) is 52.6 Å². The highest BCUT2D eigenvalue weighted by Crippen LogP contribution is 2.24. The molecule has 0 bridgehead atoms. The Balaban J connectivity index is 2.05. The number of benzene rings is 1. The van der Waals surface area contributed by atoms with Gasteiger partial charge in [0, 0.05) is 32.7 Å². The predicted molar refractivity (Wildman–Crippen MR) is 92.2 cm³/mol. The van der Waals surface area contributed by atoms with E-state index in [0.717, 1.165) is 29.8 Å². The summed E-state index contributed by atoms with van der Waals surface area (Å²) in [6, 6.07) is 1.35. The van der Waals surface area contributed by atoms with Gasteiger partial charge in [-0.25, -0.2) is 21.6 Å². The molecule has 1 N–H and O–H groups in total. The molecule has 1 heterocycles. The van der Waals surface area contributed by atoms with Gasteiger partial charge in [-0.15, -0.1) is 0 Å². The van der Waals surface area contributed by atoms with Gasteiger partial charge < -0.3 is 10.2 Å². The van der Waals surface area contributed by atoms with Gasteiger partial charge in [-0.1, -0.05) is 13.3 Å². The van der Waals surface area contributed by atoms with E-state index >= 15 is 0 Å². The van der Waals surface area contributed by atoms with Crippen LogP contribution in [0.2, 0.25) is 0 Å². The molecule has 0 radical (unpaired) electrons.